The SMILES string of the molecule is C[C@@H]1C[C@@H](C)CN(C(=O)Cn2nnc(-c3ccccc3)n2)C1. The third kappa shape index (κ3) is 3.32. The van der Waals surface area contributed by atoms with E-state index in [0.29, 0.717) is 17.7 Å². The van der Waals surface area contributed by atoms with Crippen molar-refractivity contribution in [1.29, 1.82) is 0 Å². The highest BCUT2D eigenvalue weighted by molar-refractivity contribution is 5.76. The van der Waals surface area contributed by atoms with E-state index in [2.05, 4.69) is 29.3 Å². The van der Waals surface area contributed by atoms with Crippen molar-refractivity contribution in [3.8, 4) is 11.4 Å². The Labute approximate surface area is 130 Å². The molecular formula is C16H21N5O. The average molecular weight is 299 g/mol. The predicted molar refractivity (Wildman–Crippen MR) is 82.8 cm³/mol. The fraction of sp³-hybridized carbons (Fsp3) is 0.500. The van der Waals surface area contributed by atoms with Crippen LogP contribution < -0.4 is 0 Å². The van der Waals surface area contributed by atoms with Crippen molar-refractivity contribution in [2.24, 2.45) is 11.8 Å². The largest absolute Gasteiger partial charge is 0.340 e. The number of carbonyl (C=O) groups is 1. The fourth-order valence-corrected chi connectivity index (χ4v) is 3.10. The number of amides is 1. The Morgan fingerprint density at radius 2 is 1.86 bits per heavy atom. The van der Waals surface area contributed by atoms with Crippen molar-refractivity contribution in [2.75, 3.05) is 13.1 Å². The van der Waals surface area contributed by atoms with E-state index in [1.807, 2.05) is 35.2 Å². The minimum Gasteiger partial charge on any atom is -0.340 e. The van der Waals surface area contributed by atoms with E-state index in [0.717, 1.165) is 18.7 Å². The van der Waals surface area contributed by atoms with Gasteiger partial charge >= 0.3 is 0 Å². The molecule has 0 N–H and O–H groups in total. The Kier molecular flexibility index (Phi) is 4.18. The topological polar surface area (TPSA) is 63.9 Å². The third-order valence-corrected chi connectivity index (χ3v) is 3.98. The van der Waals surface area contributed by atoms with Crippen LogP contribution in [-0.2, 0) is 11.3 Å². The quantitative estimate of drug-likeness (QED) is 0.867. The van der Waals surface area contributed by atoms with Gasteiger partial charge in [0.1, 0.15) is 6.54 Å². The molecular weight excluding hydrogens is 278 g/mol. The maximum absolute atomic E-state index is 12.4. The molecule has 1 aliphatic rings. The highest BCUT2D eigenvalue weighted by atomic mass is 16.2. The molecule has 0 radical (unpaired) electrons. The van der Waals surface area contributed by atoms with E-state index in [-0.39, 0.29) is 12.5 Å². The second kappa shape index (κ2) is 6.25. The summed E-state index contributed by atoms with van der Waals surface area (Å²) in [6.45, 7) is 6.18. The van der Waals surface area contributed by atoms with Crippen LogP contribution in [0, 0.1) is 11.8 Å². The first kappa shape index (κ1) is 14.7. The lowest BCUT2D eigenvalue weighted by molar-refractivity contribution is -0.135. The van der Waals surface area contributed by atoms with Crippen LogP contribution >= 0.6 is 0 Å². The molecule has 1 aromatic heterocycles. The molecule has 2 heterocycles. The summed E-state index contributed by atoms with van der Waals surface area (Å²) in [4.78, 5) is 15.7. The molecule has 22 heavy (non-hydrogen) atoms. The van der Waals surface area contributed by atoms with Gasteiger partial charge in [-0.15, -0.1) is 10.2 Å². The minimum atomic E-state index is 0.0652. The lowest BCUT2D eigenvalue weighted by Gasteiger charge is -2.34. The molecule has 0 aliphatic carbocycles. The van der Waals surface area contributed by atoms with Crippen molar-refractivity contribution >= 4 is 5.91 Å². The lowest BCUT2D eigenvalue weighted by Crippen LogP contribution is -2.44. The van der Waals surface area contributed by atoms with E-state index in [4.69, 9.17) is 0 Å². The molecule has 6 heteroatoms. The summed E-state index contributed by atoms with van der Waals surface area (Å²) in [6, 6.07) is 9.65. The molecule has 6 nitrogen and oxygen atoms in total. The summed E-state index contributed by atoms with van der Waals surface area (Å²) >= 11 is 0. The number of hydrogen-bond donors (Lipinski definition) is 0. The molecule has 1 aliphatic heterocycles. The average Bonchev–Trinajstić information content (AvgIpc) is 2.95. The number of benzene rings is 1. The van der Waals surface area contributed by atoms with Gasteiger partial charge in [0.25, 0.3) is 0 Å². The Hall–Kier alpha value is -2.24. The zero-order valence-corrected chi connectivity index (χ0v) is 13.0. The second-order valence-corrected chi connectivity index (χ2v) is 6.25. The molecule has 0 saturated carbocycles. The van der Waals surface area contributed by atoms with Crippen LogP contribution in [0.15, 0.2) is 30.3 Å². The first-order valence-electron chi connectivity index (χ1n) is 7.73. The number of hydrogen-bond acceptors (Lipinski definition) is 4. The van der Waals surface area contributed by atoms with E-state index in [9.17, 15) is 4.79 Å². The molecule has 2 aromatic rings. The van der Waals surface area contributed by atoms with E-state index in [1.54, 1.807) is 0 Å². The second-order valence-electron chi connectivity index (χ2n) is 6.25. The van der Waals surface area contributed by atoms with Gasteiger partial charge in [0.15, 0.2) is 0 Å². The van der Waals surface area contributed by atoms with Gasteiger partial charge < -0.3 is 4.90 Å². The maximum Gasteiger partial charge on any atom is 0.246 e. The maximum atomic E-state index is 12.4. The predicted octanol–water partition coefficient (Wildman–Crippen LogP) is 1.84. The van der Waals surface area contributed by atoms with Crippen LogP contribution in [0.3, 0.4) is 0 Å². The number of carbonyl (C=O) groups excluding carboxylic acids is 1. The molecule has 0 bridgehead atoms. The number of tetrazole rings is 1. The minimum absolute atomic E-state index is 0.0652. The van der Waals surface area contributed by atoms with E-state index < -0.39 is 0 Å². The monoisotopic (exact) mass is 299 g/mol. The van der Waals surface area contributed by atoms with Crippen LogP contribution in [-0.4, -0.2) is 44.1 Å². The molecule has 0 unspecified atom stereocenters. The Morgan fingerprint density at radius 1 is 1.18 bits per heavy atom. The van der Waals surface area contributed by atoms with Gasteiger partial charge in [0, 0.05) is 18.7 Å². The molecule has 3 rings (SSSR count). The van der Waals surface area contributed by atoms with Crippen LogP contribution in [0.2, 0.25) is 0 Å². The summed E-state index contributed by atoms with van der Waals surface area (Å²) in [6.07, 6.45) is 1.18. The molecule has 116 valence electrons. The highest BCUT2D eigenvalue weighted by Crippen LogP contribution is 2.21. The number of likely N-dealkylation sites (tertiary alicyclic amines) is 1. The summed E-state index contributed by atoms with van der Waals surface area (Å²) in [5, 5.41) is 12.3. The molecule has 0 spiro atoms. The van der Waals surface area contributed by atoms with Gasteiger partial charge in [-0.1, -0.05) is 44.2 Å². The first-order valence-corrected chi connectivity index (χ1v) is 7.73. The Morgan fingerprint density at radius 3 is 2.55 bits per heavy atom. The van der Waals surface area contributed by atoms with Crippen molar-refractivity contribution in [3.05, 3.63) is 30.3 Å². The first-order chi connectivity index (χ1) is 10.6. The fourth-order valence-electron chi connectivity index (χ4n) is 3.10. The normalized spacial score (nSPS) is 21.8. The molecule has 1 amide bonds. The number of piperidine rings is 1. The van der Waals surface area contributed by atoms with Crippen LogP contribution in [0.1, 0.15) is 20.3 Å². The Bertz CT molecular complexity index is 629. The number of rotatable bonds is 3. The van der Waals surface area contributed by atoms with Crippen LogP contribution in [0.25, 0.3) is 11.4 Å². The van der Waals surface area contributed by atoms with Gasteiger partial charge in [0.2, 0.25) is 11.7 Å². The number of aromatic nitrogens is 4. The third-order valence-electron chi connectivity index (χ3n) is 3.98. The van der Waals surface area contributed by atoms with Crippen molar-refractivity contribution in [1.82, 2.24) is 25.1 Å². The van der Waals surface area contributed by atoms with Crippen LogP contribution in [0.5, 0.6) is 0 Å². The zero-order chi connectivity index (χ0) is 15.5. The zero-order valence-electron chi connectivity index (χ0n) is 13.0. The van der Waals surface area contributed by atoms with Gasteiger partial charge in [-0.05, 0) is 23.5 Å². The summed E-state index contributed by atoms with van der Waals surface area (Å²) in [5.41, 5.74) is 0.904. The van der Waals surface area contributed by atoms with Crippen LogP contribution in [0.4, 0.5) is 0 Å². The molecule has 1 fully saturated rings. The molecule has 1 saturated heterocycles. The van der Waals surface area contributed by atoms with Crippen molar-refractivity contribution in [3.63, 3.8) is 0 Å². The summed E-state index contributed by atoms with van der Waals surface area (Å²) < 4.78 is 0. The molecule has 2 atom stereocenters. The Balaban J connectivity index is 1.66. The summed E-state index contributed by atoms with van der Waals surface area (Å²) in [5.74, 6) is 1.72. The van der Waals surface area contributed by atoms with Crippen molar-refractivity contribution < 1.29 is 4.79 Å². The van der Waals surface area contributed by atoms with E-state index >= 15 is 0 Å². The van der Waals surface area contributed by atoms with Crippen molar-refractivity contribution in [2.45, 2.75) is 26.8 Å². The van der Waals surface area contributed by atoms with Gasteiger partial charge in [-0.2, -0.15) is 4.80 Å². The lowest BCUT2D eigenvalue weighted by atomic mass is 9.92. The number of nitrogens with zero attached hydrogens (tertiary/aromatic N) is 5. The smallest absolute Gasteiger partial charge is 0.246 e. The summed E-state index contributed by atoms with van der Waals surface area (Å²) in [7, 11) is 0. The van der Waals surface area contributed by atoms with E-state index in [1.165, 1.54) is 11.2 Å². The molecule has 1 aromatic carbocycles. The van der Waals surface area contributed by atoms with Gasteiger partial charge in [0.05, 0.1) is 0 Å². The standard InChI is InChI=1S/C16H21N5O/c1-12-8-13(2)10-20(9-12)15(22)11-21-18-16(17-19-21)14-6-4-3-5-7-14/h3-7,12-13H,8-11H2,1-2H3/t12-,13-/m1/s1. The van der Waals surface area contributed by atoms with Gasteiger partial charge in [-0.3, -0.25) is 4.79 Å². The highest BCUT2D eigenvalue weighted by Gasteiger charge is 2.25. The van der Waals surface area contributed by atoms with Gasteiger partial charge in [-0.25, -0.2) is 0 Å².